The minimum Gasteiger partial charge on any atom is -0.349 e. The van der Waals surface area contributed by atoms with Gasteiger partial charge in [0, 0.05) is 18.3 Å². The Hall–Kier alpha value is -1.63. The zero-order valence-electron chi connectivity index (χ0n) is 14.3. The fraction of sp³-hybridized carbons (Fsp3) is 0.438. The van der Waals surface area contributed by atoms with E-state index in [2.05, 4.69) is 20.7 Å². The summed E-state index contributed by atoms with van der Waals surface area (Å²) in [6.07, 6.45) is 0. The van der Waals surface area contributed by atoms with Crippen LogP contribution in [0.3, 0.4) is 0 Å². The zero-order valence-corrected chi connectivity index (χ0v) is 15.8. The van der Waals surface area contributed by atoms with E-state index in [1.807, 2.05) is 33.8 Å². The van der Waals surface area contributed by atoms with Crippen molar-refractivity contribution >= 4 is 29.9 Å². The molecule has 6 nitrogen and oxygen atoms in total. The number of carbonyl (C=O) groups is 1. The SMILES string of the molecule is CCN[C@H](C)CNC(=O)c1nc(-n2nc(C)cc2C)ccc1Cl.Cl. The van der Waals surface area contributed by atoms with E-state index in [0.717, 1.165) is 17.9 Å². The summed E-state index contributed by atoms with van der Waals surface area (Å²) >= 11 is 6.13. The van der Waals surface area contributed by atoms with Crippen LogP contribution in [-0.4, -0.2) is 39.8 Å². The van der Waals surface area contributed by atoms with Gasteiger partial charge in [-0.2, -0.15) is 5.10 Å². The van der Waals surface area contributed by atoms with Gasteiger partial charge in [-0.1, -0.05) is 18.5 Å². The predicted molar refractivity (Wildman–Crippen MR) is 98.6 cm³/mol. The first-order valence-corrected chi connectivity index (χ1v) is 8.02. The number of aromatic nitrogens is 3. The molecule has 0 aliphatic carbocycles. The van der Waals surface area contributed by atoms with Gasteiger partial charge >= 0.3 is 0 Å². The smallest absolute Gasteiger partial charge is 0.271 e. The van der Waals surface area contributed by atoms with Gasteiger partial charge in [-0.05, 0) is 45.5 Å². The van der Waals surface area contributed by atoms with Crippen molar-refractivity contribution in [3.8, 4) is 5.82 Å². The molecule has 2 N–H and O–H groups in total. The van der Waals surface area contributed by atoms with Gasteiger partial charge in [-0.15, -0.1) is 12.4 Å². The number of halogens is 2. The van der Waals surface area contributed by atoms with Crippen molar-refractivity contribution < 1.29 is 4.79 Å². The van der Waals surface area contributed by atoms with Gasteiger partial charge in [0.1, 0.15) is 5.69 Å². The van der Waals surface area contributed by atoms with Gasteiger partial charge in [0.25, 0.3) is 5.91 Å². The maximum absolute atomic E-state index is 12.3. The van der Waals surface area contributed by atoms with E-state index >= 15 is 0 Å². The number of aryl methyl sites for hydroxylation is 2. The summed E-state index contributed by atoms with van der Waals surface area (Å²) in [5, 5.41) is 10.8. The number of likely N-dealkylation sites (N-methyl/N-ethyl adjacent to an activating group) is 1. The quantitative estimate of drug-likeness (QED) is 0.818. The Morgan fingerprint density at radius 2 is 2.08 bits per heavy atom. The van der Waals surface area contributed by atoms with E-state index in [9.17, 15) is 4.79 Å². The molecule has 0 bridgehead atoms. The number of hydrogen-bond donors (Lipinski definition) is 2. The average molecular weight is 372 g/mol. The summed E-state index contributed by atoms with van der Waals surface area (Å²) < 4.78 is 1.70. The molecule has 2 aromatic heterocycles. The highest BCUT2D eigenvalue weighted by Gasteiger charge is 2.15. The van der Waals surface area contributed by atoms with E-state index in [4.69, 9.17) is 11.6 Å². The third kappa shape index (κ3) is 4.93. The highest BCUT2D eigenvalue weighted by molar-refractivity contribution is 6.33. The van der Waals surface area contributed by atoms with Crippen molar-refractivity contribution in [1.29, 1.82) is 0 Å². The van der Waals surface area contributed by atoms with Crippen molar-refractivity contribution in [2.24, 2.45) is 0 Å². The molecule has 0 unspecified atom stereocenters. The van der Waals surface area contributed by atoms with Crippen molar-refractivity contribution in [2.75, 3.05) is 13.1 Å². The number of rotatable bonds is 6. The monoisotopic (exact) mass is 371 g/mol. The first-order chi connectivity index (χ1) is 10.9. The standard InChI is InChI=1S/C16H22ClN5O.ClH/c1-5-18-11(3)9-19-16(23)15-13(17)6-7-14(20-15)22-12(4)8-10(2)21-22;/h6-8,11,18H,5,9H2,1-4H3,(H,19,23);1H/t11-;/m1./s1. The average Bonchev–Trinajstić information content (AvgIpc) is 2.84. The largest absolute Gasteiger partial charge is 0.349 e. The molecule has 2 rings (SSSR count). The molecular weight excluding hydrogens is 349 g/mol. The van der Waals surface area contributed by atoms with Crippen LogP contribution in [-0.2, 0) is 0 Å². The van der Waals surface area contributed by atoms with E-state index in [-0.39, 0.29) is 30.0 Å². The molecule has 0 saturated heterocycles. The normalized spacial score (nSPS) is 11.7. The van der Waals surface area contributed by atoms with Gasteiger partial charge in [-0.25, -0.2) is 9.67 Å². The molecule has 0 fully saturated rings. The summed E-state index contributed by atoms with van der Waals surface area (Å²) in [5.74, 6) is 0.285. The molecule has 0 spiro atoms. The van der Waals surface area contributed by atoms with Crippen LogP contribution in [0, 0.1) is 13.8 Å². The second-order valence-electron chi connectivity index (χ2n) is 5.51. The molecule has 24 heavy (non-hydrogen) atoms. The predicted octanol–water partition coefficient (Wildman–Crippen LogP) is 2.69. The topological polar surface area (TPSA) is 71.8 Å². The minimum absolute atomic E-state index is 0. The second-order valence-corrected chi connectivity index (χ2v) is 5.91. The Labute approximate surface area is 153 Å². The van der Waals surface area contributed by atoms with E-state index < -0.39 is 0 Å². The lowest BCUT2D eigenvalue weighted by molar-refractivity contribution is 0.0945. The summed E-state index contributed by atoms with van der Waals surface area (Å²) in [5.41, 5.74) is 2.05. The zero-order chi connectivity index (χ0) is 17.0. The Morgan fingerprint density at radius 1 is 1.38 bits per heavy atom. The maximum Gasteiger partial charge on any atom is 0.271 e. The maximum atomic E-state index is 12.3. The lowest BCUT2D eigenvalue weighted by Crippen LogP contribution is -2.39. The van der Waals surface area contributed by atoms with Gasteiger partial charge in [0.15, 0.2) is 5.82 Å². The third-order valence-corrected chi connectivity index (χ3v) is 3.70. The van der Waals surface area contributed by atoms with Crippen molar-refractivity contribution in [3.05, 3.63) is 40.3 Å². The highest BCUT2D eigenvalue weighted by atomic mass is 35.5. The fourth-order valence-corrected chi connectivity index (χ4v) is 2.51. The van der Waals surface area contributed by atoms with Crippen LogP contribution in [0.4, 0.5) is 0 Å². The molecule has 1 atom stereocenters. The number of nitrogens with zero attached hydrogens (tertiary/aromatic N) is 3. The Bertz CT molecular complexity index is 702. The summed E-state index contributed by atoms with van der Waals surface area (Å²) in [7, 11) is 0. The molecule has 132 valence electrons. The van der Waals surface area contributed by atoms with Gasteiger partial charge < -0.3 is 10.6 Å². The molecule has 0 aromatic carbocycles. The van der Waals surface area contributed by atoms with Crippen LogP contribution < -0.4 is 10.6 Å². The molecule has 8 heteroatoms. The molecular formula is C16H23Cl2N5O. The number of carbonyl (C=O) groups excluding carboxylic acids is 1. The van der Waals surface area contributed by atoms with Crippen molar-refractivity contribution in [2.45, 2.75) is 33.7 Å². The molecule has 0 radical (unpaired) electrons. The van der Waals surface area contributed by atoms with Crippen LogP contribution in [0.1, 0.15) is 35.7 Å². The second kappa shape index (κ2) is 9.01. The summed E-state index contributed by atoms with van der Waals surface area (Å²) in [6, 6.07) is 5.55. The van der Waals surface area contributed by atoms with Gasteiger partial charge in [0.05, 0.1) is 10.7 Å². The van der Waals surface area contributed by atoms with Crippen LogP contribution >= 0.6 is 24.0 Å². The van der Waals surface area contributed by atoms with Crippen LogP contribution in [0.5, 0.6) is 0 Å². The molecule has 2 heterocycles. The van der Waals surface area contributed by atoms with Gasteiger partial charge in [-0.3, -0.25) is 4.79 Å². The van der Waals surface area contributed by atoms with E-state index in [1.165, 1.54) is 0 Å². The summed E-state index contributed by atoms with van der Waals surface area (Å²) in [6.45, 7) is 9.24. The van der Waals surface area contributed by atoms with Crippen molar-refractivity contribution in [3.63, 3.8) is 0 Å². The molecule has 0 saturated carbocycles. The van der Waals surface area contributed by atoms with Crippen LogP contribution in [0.15, 0.2) is 18.2 Å². The number of hydrogen-bond acceptors (Lipinski definition) is 4. The van der Waals surface area contributed by atoms with E-state index in [0.29, 0.717) is 17.4 Å². The van der Waals surface area contributed by atoms with Gasteiger partial charge in [0.2, 0.25) is 0 Å². The Balaban J connectivity index is 0.00000288. The van der Waals surface area contributed by atoms with Crippen LogP contribution in [0.25, 0.3) is 5.82 Å². The molecule has 0 aliphatic heterocycles. The lowest BCUT2D eigenvalue weighted by atomic mass is 10.3. The van der Waals surface area contributed by atoms with E-state index in [1.54, 1.807) is 16.8 Å². The molecule has 1 amide bonds. The number of nitrogens with one attached hydrogen (secondary N) is 2. The Kier molecular flexibility index (Phi) is 7.66. The Morgan fingerprint density at radius 3 is 2.67 bits per heavy atom. The summed E-state index contributed by atoms with van der Waals surface area (Å²) in [4.78, 5) is 16.7. The highest BCUT2D eigenvalue weighted by Crippen LogP contribution is 2.17. The number of amides is 1. The van der Waals surface area contributed by atoms with Crippen LogP contribution in [0.2, 0.25) is 5.02 Å². The third-order valence-electron chi connectivity index (χ3n) is 3.39. The minimum atomic E-state index is -0.289. The fourth-order valence-electron chi connectivity index (χ4n) is 2.32. The number of pyridine rings is 1. The lowest BCUT2D eigenvalue weighted by Gasteiger charge is -2.14. The first kappa shape index (κ1) is 20.4. The molecule has 0 aliphatic rings. The molecule has 2 aromatic rings. The first-order valence-electron chi connectivity index (χ1n) is 7.64. The van der Waals surface area contributed by atoms with Crippen molar-refractivity contribution in [1.82, 2.24) is 25.4 Å².